The van der Waals surface area contributed by atoms with Crippen LogP contribution in [0.5, 0.6) is 0 Å². The van der Waals surface area contributed by atoms with Gasteiger partial charge in [0.2, 0.25) is 0 Å². The minimum Gasteiger partial charge on any atom is -0.381 e. The fraction of sp³-hybridized carbons (Fsp3) is 0.167. The topological polar surface area (TPSA) is 81.6 Å². The van der Waals surface area contributed by atoms with Crippen LogP contribution in [0.1, 0.15) is 6.42 Å². The van der Waals surface area contributed by atoms with Crippen LogP contribution in [-0.2, 0) is 9.63 Å². The van der Waals surface area contributed by atoms with Gasteiger partial charge in [-0.05, 0) is 24.3 Å². The molecule has 1 aliphatic rings. The first-order chi connectivity index (χ1) is 8.74. The first kappa shape index (κ1) is 10.8. The zero-order valence-corrected chi connectivity index (χ0v) is 9.50. The summed E-state index contributed by atoms with van der Waals surface area (Å²) in [7, 11) is 0. The number of carbonyl (C=O) groups is 1. The first-order valence-electron chi connectivity index (χ1n) is 5.52. The summed E-state index contributed by atoms with van der Waals surface area (Å²) in [4.78, 5) is 16.7. The molecule has 1 amide bonds. The van der Waals surface area contributed by atoms with Crippen LogP contribution in [0.4, 0.5) is 11.5 Å². The Bertz CT molecular complexity index is 577. The average molecular weight is 245 g/mol. The lowest BCUT2D eigenvalue weighted by Crippen LogP contribution is -2.21. The molecule has 0 saturated carbocycles. The predicted molar refractivity (Wildman–Crippen MR) is 64.4 cm³/mol. The third-order valence-corrected chi connectivity index (χ3v) is 2.68. The number of hydrogen-bond donors (Lipinski definition) is 1. The van der Waals surface area contributed by atoms with Crippen LogP contribution in [0, 0.1) is 0 Å². The first-order valence-corrected chi connectivity index (χ1v) is 5.52. The SMILES string of the molecule is Nc1cc(-c2ccc(N3OCCC3=O)cc2)on1. The van der Waals surface area contributed by atoms with Crippen LogP contribution in [0.15, 0.2) is 34.9 Å². The maximum Gasteiger partial charge on any atom is 0.253 e. The molecule has 1 saturated heterocycles. The lowest BCUT2D eigenvalue weighted by molar-refractivity contribution is -0.119. The summed E-state index contributed by atoms with van der Waals surface area (Å²) in [5.41, 5.74) is 7.03. The van der Waals surface area contributed by atoms with Gasteiger partial charge in [-0.15, -0.1) is 0 Å². The Morgan fingerprint density at radius 2 is 2.06 bits per heavy atom. The molecule has 1 aliphatic heterocycles. The molecule has 0 bridgehead atoms. The van der Waals surface area contributed by atoms with Crippen LogP contribution in [0.3, 0.4) is 0 Å². The van der Waals surface area contributed by atoms with Gasteiger partial charge in [-0.25, -0.2) is 0 Å². The van der Waals surface area contributed by atoms with Gasteiger partial charge in [-0.1, -0.05) is 5.16 Å². The van der Waals surface area contributed by atoms with Gasteiger partial charge in [-0.2, -0.15) is 5.06 Å². The Morgan fingerprint density at radius 3 is 2.61 bits per heavy atom. The fourth-order valence-corrected chi connectivity index (χ4v) is 1.80. The summed E-state index contributed by atoms with van der Waals surface area (Å²) < 4.78 is 5.05. The maximum absolute atomic E-state index is 11.5. The molecule has 2 N–H and O–H groups in total. The number of nitrogen functional groups attached to an aromatic ring is 1. The van der Waals surface area contributed by atoms with Gasteiger partial charge in [-0.3, -0.25) is 9.63 Å². The molecule has 0 aliphatic carbocycles. The molecule has 0 atom stereocenters. The third kappa shape index (κ3) is 1.82. The highest BCUT2D eigenvalue weighted by molar-refractivity contribution is 5.93. The van der Waals surface area contributed by atoms with Gasteiger partial charge >= 0.3 is 0 Å². The molecular formula is C12H11N3O3. The normalized spacial score (nSPS) is 15.3. The summed E-state index contributed by atoms with van der Waals surface area (Å²) in [6.45, 7) is 0.430. The lowest BCUT2D eigenvalue weighted by Gasteiger charge is -2.13. The largest absolute Gasteiger partial charge is 0.381 e. The van der Waals surface area contributed by atoms with Gasteiger partial charge in [0, 0.05) is 11.6 Å². The third-order valence-electron chi connectivity index (χ3n) is 2.68. The monoisotopic (exact) mass is 245 g/mol. The molecule has 18 heavy (non-hydrogen) atoms. The number of nitrogens with two attached hydrogens (primary N) is 1. The molecule has 1 fully saturated rings. The molecule has 2 heterocycles. The van der Waals surface area contributed by atoms with Gasteiger partial charge in [0.1, 0.15) is 0 Å². The maximum atomic E-state index is 11.5. The summed E-state index contributed by atoms with van der Waals surface area (Å²) in [5.74, 6) is 0.895. The number of rotatable bonds is 2. The zero-order chi connectivity index (χ0) is 12.5. The summed E-state index contributed by atoms with van der Waals surface area (Å²) in [6.07, 6.45) is 0.417. The Labute approximate surface area is 103 Å². The van der Waals surface area contributed by atoms with E-state index in [-0.39, 0.29) is 5.91 Å². The van der Waals surface area contributed by atoms with Crippen molar-refractivity contribution in [1.29, 1.82) is 0 Å². The highest BCUT2D eigenvalue weighted by Gasteiger charge is 2.23. The predicted octanol–water partition coefficient (Wildman–Crippen LogP) is 1.59. The van der Waals surface area contributed by atoms with Crippen molar-refractivity contribution in [2.75, 3.05) is 17.4 Å². The zero-order valence-electron chi connectivity index (χ0n) is 9.50. The van der Waals surface area contributed by atoms with E-state index < -0.39 is 0 Å². The number of benzene rings is 1. The molecule has 0 spiro atoms. The van der Waals surface area contributed by atoms with Crippen molar-refractivity contribution in [2.24, 2.45) is 0 Å². The minimum atomic E-state index is -0.0355. The molecule has 6 heteroatoms. The molecule has 6 nitrogen and oxygen atoms in total. The van der Waals surface area contributed by atoms with E-state index >= 15 is 0 Å². The van der Waals surface area contributed by atoms with Crippen molar-refractivity contribution in [3.8, 4) is 11.3 Å². The van der Waals surface area contributed by atoms with E-state index in [0.29, 0.717) is 30.3 Å². The Morgan fingerprint density at radius 1 is 1.28 bits per heavy atom. The second-order valence-electron chi connectivity index (χ2n) is 3.93. The van der Waals surface area contributed by atoms with Crippen molar-refractivity contribution < 1.29 is 14.2 Å². The number of hydroxylamine groups is 1. The molecule has 0 unspecified atom stereocenters. The van der Waals surface area contributed by atoms with E-state index in [1.165, 1.54) is 5.06 Å². The molecule has 1 aromatic heterocycles. The summed E-state index contributed by atoms with van der Waals surface area (Å²) in [5, 5.41) is 4.92. The van der Waals surface area contributed by atoms with Gasteiger partial charge in [0.15, 0.2) is 11.6 Å². The van der Waals surface area contributed by atoms with Crippen molar-refractivity contribution >= 4 is 17.4 Å². The Balaban J connectivity index is 1.87. The number of amides is 1. The Hall–Kier alpha value is -2.34. The van der Waals surface area contributed by atoms with Crippen LogP contribution in [0.25, 0.3) is 11.3 Å². The standard InChI is InChI=1S/C12H11N3O3/c13-11-7-10(18-14-11)8-1-3-9(4-2-8)15-12(16)5-6-17-15/h1-4,7H,5-6H2,(H2,13,14). The van der Waals surface area contributed by atoms with Crippen molar-refractivity contribution in [3.63, 3.8) is 0 Å². The van der Waals surface area contributed by atoms with E-state index in [2.05, 4.69) is 5.16 Å². The summed E-state index contributed by atoms with van der Waals surface area (Å²) in [6, 6.07) is 8.87. The van der Waals surface area contributed by atoms with Crippen molar-refractivity contribution in [2.45, 2.75) is 6.42 Å². The lowest BCUT2D eigenvalue weighted by atomic mass is 10.1. The van der Waals surface area contributed by atoms with Crippen LogP contribution < -0.4 is 10.8 Å². The molecular weight excluding hydrogens is 234 g/mol. The van der Waals surface area contributed by atoms with Crippen molar-refractivity contribution in [1.82, 2.24) is 5.16 Å². The van der Waals surface area contributed by atoms with E-state index in [9.17, 15) is 4.79 Å². The van der Waals surface area contributed by atoms with Gasteiger partial charge in [0.25, 0.3) is 5.91 Å². The number of anilines is 2. The molecule has 3 rings (SSSR count). The molecule has 92 valence electrons. The number of aromatic nitrogens is 1. The number of carbonyl (C=O) groups excluding carboxylic acids is 1. The second-order valence-corrected chi connectivity index (χ2v) is 3.93. The highest BCUT2D eigenvalue weighted by Crippen LogP contribution is 2.26. The van der Waals surface area contributed by atoms with Crippen LogP contribution in [-0.4, -0.2) is 17.7 Å². The quantitative estimate of drug-likeness (QED) is 0.868. The van der Waals surface area contributed by atoms with E-state index in [1.807, 2.05) is 12.1 Å². The number of hydrogen-bond acceptors (Lipinski definition) is 5. The molecule has 0 radical (unpaired) electrons. The van der Waals surface area contributed by atoms with Crippen LogP contribution in [0.2, 0.25) is 0 Å². The molecule has 1 aromatic carbocycles. The fourth-order valence-electron chi connectivity index (χ4n) is 1.80. The Kier molecular flexibility index (Phi) is 2.49. The van der Waals surface area contributed by atoms with Crippen LogP contribution >= 0.6 is 0 Å². The average Bonchev–Trinajstić information content (AvgIpc) is 2.98. The number of nitrogens with zero attached hydrogens (tertiary/aromatic N) is 2. The highest BCUT2D eigenvalue weighted by atomic mass is 16.7. The molecule has 2 aromatic rings. The van der Waals surface area contributed by atoms with E-state index in [0.717, 1.165) is 5.56 Å². The van der Waals surface area contributed by atoms with E-state index in [4.69, 9.17) is 15.1 Å². The van der Waals surface area contributed by atoms with E-state index in [1.54, 1.807) is 18.2 Å². The second kappa shape index (κ2) is 4.15. The smallest absolute Gasteiger partial charge is 0.253 e. The minimum absolute atomic E-state index is 0.0355. The summed E-state index contributed by atoms with van der Waals surface area (Å²) >= 11 is 0. The van der Waals surface area contributed by atoms with Crippen molar-refractivity contribution in [3.05, 3.63) is 30.3 Å². The van der Waals surface area contributed by atoms with Gasteiger partial charge < -0.3 is 10.3 Å². The van der Waals surface area contributed by atoms with Gasteiger partial charge in [0.05, 0.1) is 18.7 Å².